The molecule has 0 atom stereocenters. The van der Waals surface area contributed by atoms with Crippen molar-refractivity contribution in [3.05, 3.63) is 21.0 Å². The lowest BCUT2D eigenvalue weighted by Crippen LogP contribution is -2.19. The molecule has 2 nitrogen and oxygen atoms in total. The quantitative estimate of drug-likeness (QED) is 0.561. The molecule has 0 spiro atoms. The number of hydrogen-bond donors (Lipinski definition) is 0. The van der Waals surface area contributed by atoms with Gasteiger partial charge in [-0.15, -0.1) is 13.2 Å². The Morgan fingerprint density at radius 1 is 1.53 bits per heavy atom. The van der Waals surface area contributed by atoms with E-state index < -0.39 is 6.36 Å². The largest absolute Gasteiger partial charge is 0.573 e. The fraction of sp³-hybridized carbons (Fsp3) is 0.375. The summed E-state index contributed by atoms with van der Waals surface area (Å²) in [5.41, 5.74) is 0.683. The van der Waals surface area contributed by atoms with E-state index >= 15 is 0 Å². The normalized spacial score (nSPS) is 11.6. The molecule has 0 radical (unpaired) electrons. The highest BCUT2D eigenvalue weighted by molar-refractivity contribution is 14.1. The minimum Gasteiger partial charge on any atom is -0.403 e. The molecule has 84 valence electrons. The first-order chi connectivity index (χ1) is 6.85. The molecule has 1 aromatic rings. The molecule has 7 heteroatoms. The van der Waals surface area contributed by atoms with Gasteiger partial charge in [0.15, 0.2) is 5.75 Å². The molecule has 0 aliphatic carbocycles. The van der Waals surface area contributed by atoms with Gasteiger partial charge in [-0.1, -0.05) is 15.9 Å². The van der Waals surface area contributed by atoms with Crippen molar-refractivity contribution in [3.8, 4) is 5.75 Å². The molecule has 0 bridgehead atoms. The number of alkyl halides is 4. The second kappa shape index (κ2) is 4.86. The first kappa shape index (κ1) is 13.0. The van der Waals surface area contributed by atoms with E-state index in [1.165, 1.54) is 13.1 Å². The summed E-state index contributed by atoms with van der Waals surface area (Å²) >= 11 is 5.04. The van der Waals surface area contributed by atoms with Gasteiger partial charge in [0, 0.05) is 20.7 Å². The Hall–Kier alpha value is -0.0500. The predicted octanol–water partition coefficient (Wildman–Crippen LogP) is 3.79. The minimum atomic E-state index is -4.69. The van der Waals surface area contributed by atoms with E-state index in [0.29, 0.717) is 14.5 Å². The zero-order valence-corrected chi connectivity index (χ0v) is 11.3. The molecule has 0 fully saturated rings. The summed E-state index contributed by atoms with van der Waals surface area (Å²) in [6, 6.07) is 0. The van der Waals surface area contributed by atoms with Crippen LogP contribution in [0.4, 0.5) is 13.2 Å². The average molecular weight is 396 g/mol. The SMILES string of the molecule is Cc1ncc(I)c(CBr)c1OC(F)(F)F. The van der Waals surface area contributed by atoms with Crippen LogP contribution >= 0.6 is 38.5 Å². The predicted molar refractivity (Wildman–Crippen MR) is 61.0 cm³/mol. The molecule has 0 saturated heterocycles. The summed E-state index contributed by atoms with van der Waals surface area (Å²) in [6.07, 6.45) is -3.18. The van der Waals surface area contributed by atoms with Crippen LogP contribution in [0.1, 0.15) is 11.3 Å². The molecule has 0 unspecified atom stereocenters. The maximum Gasteiger partial charge on any atom is 0.573 e. The zero-order chi connectivity index (χ0) is 11.6. The number of halogens is 5. The highest BCUT2D eigenvalue weighted by Gasteiger charge is 2.33. The van der Waals surface area contributed by atoms with Crippen molar-refractivity contribution in [1.29, 1.82) is 0 Å². The Bertz CT molecular complexity index is 370. The maximum atomic E-state index is 12.1. The molecular formula is C8H6BrF3INO. The standard InChI is InChI=1S/C8H6BrF3INO/c1-4-7(15-8(10,11)12)5(2-9)6(13)3-14-4/h3H,2H2,1H3. The topological polar surface area (TPSA) is 22.1 Å². The van der Waals surface area contributed by atoms with Gasteiger partial charge in [0.1, 0.15) is 0 Å². The summed E-state index contributed by atoms with van der Waals surface area (Å²) in [5.74, 6) is -0.216. The second-order valence-electron chi connectivity index (χ2n) is 2.68. The van der Waals surface area contributed by atoms with E-state index in [4.69, 9.17) is 0 Å². The lowest BCUT2D eigenvalue weighted by molar-refractivity contribution is -0.275. The van der Waals surface area contributed by atoms with Crippen molar-refractivity contribution >= 4 is 38.5 Å². The van der Waals surface area contributed by atoms with Crippen LogP contribution < -0.4 is 4.74 Å². The zero-order valence-electron chi connectivity index (χ0n) is 7.53. The van der Waals surface area contributed by atoms with Gasteiger partial charge >= 0.3 is 6.36 Å². The fourth-order valence-electron chi connectivity index (χ4n) is 0.993. The summed E-state index contributed by atoms with van der Waals surface area (Å²) in [7, 11) is 0. The molecule has 0 aliphatic heterocycles. The summed E-state index contributed by atoms with van der Waals surface area (Å²) < 4.78 is 40.9. The van der Waals surface area contributed by atoms with E-state index in [0.717, 1.165) is 0 Å². The third-order valence-corrected chi connectivity index (χ3v) is 3.10. The first-order valence-corrected chi connectivity index (χ1v) is 6.01. The second-order valence-corrected chi connectivity index (χ2v) is 4.40. The number of aryl methyl sites for hydroxylation is 1. The smallest absolute Gasteiger partial charge is 0.403 e. The number of hydrogen-bond acceptors (Lipinski definition) is 2. The third-order valence-electron chi connectivity index (χ3n) is 1.61. The average Bonchev–Trinajstić information content (AvgIpc) is 2.10. The summed E-state index contributed by atoms with van der Waals surface area (Å²) in [6.45, 7) is 1.48. The van der Waals surface area contributed by atoms with Crippen molar-refractivity contribution in [2.45, 2.75) is 18.6 Å². The molecule has 0 aliphatic rings. The lowest BCUT2D eigenvalue weighted by Gasteiger charge is -2.14. The van der Waals surface area contributed by atoms with Crippen LogP contribution in [0.25, 0.3) is 0 Å². The van der Waals surface area contributed by atoms with Crippen molar-refractivity contribution in [1.82, 2.24) is 4.98 Å². The van der Waals surface area contributed by atoms with Crippen LogP contribution in [-0.2, 0) is 5.33 Å². The maximum absolute atomic E-state index is 12.1. The van der Waals surface area contributed by atoms with Crippen LogP contribution in [0.2, 0.25) is 0 Å². The van der Waals surface area contributed by atoms with Gasteiger partial charge in [-0.05, 0) is 29.5 Å². The number of nitrogens with zero attached hydrogens (tertiary/aromatic N) is 1. The van der Waals surface area contributed by atoms with E-state index in [2.05, 4.69) is 25.7 Å². The van der Waals surface area contributed by atoms with Crippen LogP contribution in [0.5, 0.6) is 5.75 Å². The molecule has 0 aromatic carbocycles. The molecule has 0 N–H and O–H groups in total. The van der Waals surface area contributed by atoms with E-state index in [9.17, 15) is 13.2 Å². The van der Waals surface area contributed by atoms with Gasteiger partial charge in [0.05, 0.1) is 5.69 Å². The third kappa shape index (κ3) is 3.47. The van der Waals surface area contributed by atoms with Gasteiger partial charge in [-0.3, -0.25) is 4.98 Å². The van der Waals surface area contributed by atoms with Gasteiger partial charge in [0.2, 0.25) is 0 Å². The molecule has 0 amide bonds. The fourth-order valence-corrected chi connectivity index (χ4v) is 2.65. The molecular weight excluding hydrogens is 390 g/mol. The highest BCUT2D eigenvalue weighted by atomic mass is 127. The van der Waals surface area contributed by atoms with E-state index in [1.807, 2.05) is 22.6 Å². The van der Waals surface area contributed by atoms with Crippen molar-refractivity contribution in [3.63, 3.8) is 0 Å². The Labute approximate surface area is 106 Å². The Morgan fingerprint density at radius 3 is 2.60 bits per heavy atom. The molecule has 1 aromatic heterocycles. The summed E-state index contributed by atoms with van der Waals surface area (Å²) in [5, 5.41) is 0.292. The van der Waals surface area contributed by atoms with Crippen molar-refractivity contribution in [2.24, 2.45) is 0 Å². The number of aromatic nitrogens is 1. The van der Waals surface area contributed by atoms with Gasteiger partial charge in [-0.2, -0.15) is 0 Å². The minimum absolute atomic E-state index is 0.216. The van der Waals surface area contributed by atoms with Crippen LogP contribution in [0.15, 0.2) is 6.20 Å². The highest BCUT2D eigenvalue weighted by Crippen LogP contribution is 2.32. The molecule has 15 heavy (non-hydrogen) atoms. The van der Waals surface area contributed by atoms with E-state index in [1.54, 1.807) is 0 Å². The Kier molecular flexibility index (Phi) is 4.21. The van der Waals surface area contributed by atoms with Crippen LogP contribution in [0.3, 0.4) is 0 Å². The number of ether oxygens (including phenoxy) is 1. The molecule has 1 heterocycles. The number of rotatable bonds is 2. The van der Waals surface area contributed by atoms with Crippen LogP contribution in [-0.4, -0.2) is 11.3 Å². The summed E-state index contributed by atoms with van der Waals surface area (Å²) in [4.78, 5) is 3.82. The first-order valence-electron chi connectivity index (χ1n) is 3.81. The Morgan fingerprint density at radius 2 is 2.13 bits per heavy atom. The Balaban J connectivity index is 3.20. The lowest BCUT2D eigenvalue weighted by atomic mass is 10.2. The number of pyridine rings is 1. The molecule has 1 rings (SSSR count). The van der Waals surface area contributed by atoms with Gasteiger partial charge < -0.3 is 4.74 Å². The van der Waals surface area contributed by atoms with Crippen LogP contribution in [0, 0.1) is 10.5 Å². The van der Waals surface area contributed by atoms with E-state index in [-0.39, 0.29) is 11.4 Å². The van der Waals surface area contributed by atoms with Crippen molar-refractivity contribution < 1.29 is 17.9 Å². The van der Waals surface area contributed by atoms with Gasteiger partial charge in [0.25, 0.3) is 0 Å². The monoisotopic (exact) mass is 395 g/mol. The molecule has 0 saturated carbocycles. The van der Waals surface area contributed by atoms with Crippen molar-refractivity contribution in [2.75, 3.05) is 0 Å². The van der Waals surface area contributed by atoms with Gasteiger partial charge in [-0.25, -0.2) is 0 Å².